The minimum absolute atomic E-state index is 0.0536. The first-order valence-corrected chi connectivity index (χ1v) is 7.08. The lowest BCUT2D eigenvalue weighted by atomic mass is 9.87. The fourth-order valence-electron chi connectivity index (χ4n) is 3.07. The Balaban J connectivity index is 1.90. The molecule has 1 aliphatic carbocycles. The maximum absolute atomic E-state index is 12.4. The van der Waals surface area contributed by atoms with E-state index in [2.05, 4.69) is 46.7 Å². The normalized spacial score (nSPS) is 17.1. The summed E-state index contributed by atoms with van der Waals surface area (Å²) in [5.74, 6) is -0.0536. The lowest BCUT2D eigenvalue weighted by molar-refractivity contribution is 0.0898. The van der Waals surface area contributed by atoms with Crippen molar-refractivity contribution in [3.8, 4) is 0 Å². The van der Waals surface area contributed by atoms with Gasteiger partial charge < -0.3 is 5.32 Å². The molecule has 0 aliphatic heterocycles. The van der Waals surface area contributed by atoms with Crippen LogP contribution in [0.4, 0.5) is 0 Å². The molecule has 3 rings (SSSR count). The van der Waals surface area contributed by atoms with Crippen LogP contribution < -0.4 is 5.32 Å². The Kier molecular flexibility index (Phi) is 3.30. The standard InChI is InChI=1S/C16H19N3O/c1-12-5-4-6-14(9-12)16(7-2-3-8-16)19-15(20)13-10-17-18-11-13/h4-6,9-11H,2-3,7-8H2,1H3,(H,17,18)(H,19,20). The summed E-state index contributed by atoms with van der Waals surface area (Å²) in [4.78, 5) is 12.4. The minimum Gasteiger partial charge on any atom is -0.342 e. The van der Waals surface area contributed by atoms with E-state index in [-0.39, 0.29) is 11.4 Å². The number of aryl methyl sites for hydroxylation is 1. The Hall–Kier alpha value is -2.10. The van der Waals surface area contributed by atoms with Crippen LogP contribution in [0.2, 0.25) is 0 Å². The second-order valence-corrected chi connectivity index (χ2v) is 5.60. The van der Waals surface area contributed by atoms with Crippen LogP contribution in [0.25, 0.3) is 0 Å². The number of rotatable bonds is 3. The number of nitrogens with one attached hydrogen (secondary N) is 2. The number of aromatic amines is 1. The molecule has 0 atom stereocenters. The molecular weight excluding hydrogens is 250 g/mol. The van der Waals surface area contributed by atoms with Crippen LogP contribution in [0.1, 0.15) is 47.2 Å². The van der Waals surface area contributed by atoms with Gasteiger partial charge in [0.2, 0.25) is 0 Å². The maximum Gasteiger partial charge on any atom is 0.255 e. The van der Waals surface area contributed by atoms with Gasteiger partial charge in [-0.15, -0.1) is 0 Å². The minimum atomic E-state index is -0.222. The molecular formula is C16H19N3O. The molecule has 1 aliphatic rings. The molecule has 0 spiro atoms. The Morgan fingerprint density at radius 3 is 2.80 bits per heavy atom. The number of H-pyrrole nitrogens is 1. The summed E-state index contributed by atoms with van der Waals surface area (Å²) in [6.45, 7) is 2.09. The molecule has 0 unspecified atom stereocenters. The monoisotopic (exact) mass is 269 g/mol. The molecule has 1 aromatic carbocycles. The molecule has 1 heterocycles. The van der Waals surface area contributed by atoms with Crippen LogP contribution in [0.5, 0.6) is 0 Å². The van der Waals surface area contributed by atoms with E-state index < -0.39 is 0 Å². The van der Waals surface area contributed by atoms with Gasteiger partial charge in [0, 0.05) is 6.20 Å². The highest BCUT2D eigenvalue weighted by molar-refractivity contribution is 5.94. The van der Waals surface area contributed by atoms with Crippen molar-refractivity contribution < 1.29 is 4.79 Å². The average Bonchev–Trinajstić information content (AvgIpc) is 3.10. The van der Waals surface area contributed by atoms with Crippen LogP contribution in [0.3, 0.4) is 0 Å². The molecule has 104 valence electrons. The molecule has 4 heteroatoms. The first kappa shape index (κ1) is 12.9. The Morgan fingerprint density at radius 2 is 2.15 bits per heavy atom. The summed E-state index contributed by atoms with van der Waals surface area (Å²) in [6.07, 6.45) is 7.50. The second-order valence-electron chi connectivity index (χ2n) is 5.60. The molecule has 1 aromatic heterocycles. The van der Waals surface area contributed by atoms with Gasteiger partial charge in [-0.05, 0) is 25.3 Å². The lowest BCUT2D eigenvalue weighted by Crippen LogP contribution is -2.43. The largest absolute Gasteiger partial charge is 0.342 e. The van der Waals surface area contributed by atoms with Gasteiger partial charge in [0.05, 0.1) is 17.3 Å². The topological polar surface area (TPSA) is 57.8 Å². The lowest BCUT2D eigenvalue weighted by Gasteiger charge is -2.31. The molecule has 4 nitrogen and oxygen atoms in total. The van der Waals surface area contributed by atoms with Crippen molar-refractivity contribution >= 4 is 5.91 Å². The van der Waals surface area contributed by atoms with Gasteiger partial charge in [0.25, 0.3) is 5.91 Å². The molecule has 1 amide bonds. The van der Waals surface area contributed by atoms with Crippen LogP contribution in [0, 0.1) is 6.92 Å². The summed E-state index contributed by atoms with van der Waals surface area (Å²) >= 11 is 0. The number of aromatic nitrogens is 2. The predicted octanol–water partition coefficient (Wildman–Crippen LogP) is 2.92. The third-order valence-electron chi connectivity index (χ3n) is 4.14. The fraction of sp³-hybridized carbons (Fsp3) is 0.375. The first-order chi connectivity index (χ1) is 9.70. The predicted molar refractivity (Wildman–Crippen MR) is 77.4 cm³/mol. The van der Waals surface area contributed by atoms with Gasteiger partial charge in [0.1, 0.15) is 0 Å². The van der Waals surface area contributed by atoms with E-state index in [0.717, 1.165) is 25.7 Å². The molecule has 0 saturated heterocycles. The highest BCUT2D eigenvalue weighted by Crippen LogP contribution is 2.39. The van der Waals surface area contributed by atoms with Crippen molar-refractivity contribution in [2.45, 2.75) is 38.1 Å². The zero-order valence-electron chi connectivity index (χ0n) is 11.6. The van der Waals surface area contributed by atoms with Crippen molar-refractivity contribution in [1.82, 2.24) is 15.5 Å². The van der Waals surface area contributed by atoms with Crippen LogP contribution in [-0.4, -0.2) is 16.1 Å². The molecule has 2 aromatic rings. The molecule has 2 N–H and O–H groups in total. The van der Waals surface area contributed by atoms with Crippen molar-refractivity contribution in [3.63, 3.8) is 0 Å². The number of amides is 1. The van der Waals surface area contributed by atoms with Crippen molar-refractivity contribution in [2.24, 2.45) is 0 Å². The summed E-state index contributed by atoms with van der Waals surface area (Å²) in [7, 11) is 0. The van der Waals surface area contributed by atoms with E-state index >= 15 is 0 Å². The van der Waals surface area contributed by atoms with Crippen LogP contribution in [0.15, 0.2) is 36.7 Å². The molecule has 0 bridgehead atoms. The summed E-state index contributed by atoms with van der Waals surface area (Å²) in [5, 5.41) is 9.77. The number of carbonyl (C=O) groups is 1. The smallest absolute Gasteiger partial charge is 0.255 e. The van der Waals surface area contributed by atoms with Crippen LogP contribution in [-0.2, 0) is 5.54 Å². The second kappa shape index (κ2) is 5.12. The van der Waals surface area contributed by atoms with Gasteiger partial charge in [-0.3, -0.25) is 9.89 Å². The van der Waals surface area contributed by atoms with Gasteiger partial charge in [-0.25, -0.2) is 0 Å². The van der Waals surface area contributed by atoms with E-state index in [1.54, 1.807) is 12.4 Å². The summed E-state index contributed by atoms with van der Waals surface area (Å²) < 4.78 is 0. The van der Waals surface area contributed by atoms with E-state index in [0.29, 0.717) is 5.56 Å². The number of benzene rings is 1. The SMILES string of the molecule is Cc1cccc(C2(NC(=O)c3cn[nH]c3)CCCC2)c1. The molecule has 1 fully saturated rings. The van der Waals surface area contributed by atoms with Gasteiger partial charge in [-0.1, -0.05) is 42.7 Å². The molecule has 20 heavy (non-hydrogen) atoms. The van der Waals surface area contributed by atoms with Crippen molar-refractivity contribution in [2.75, 3.05) is 0 Å². The Morgan fingerprint density at radius 1 is 1.35 bits per heavy atom. The number of carbonyl (C=O) groups excluding carboxylic acids is 1. The van der Waals surface area contributed by atoms with E-state index in [9.17, 15) is 4.79 Å². The zero-order valence-corrected chi connectivity index (χ0v) is 11.6. The summed E-state index contributed by atoms with van der Waals surface area (Å²) in [5.41, 5.74) is 2.81. The van der Waals surface area contributed by atoms with Gasteiger partial charge in [-0.2, -0.15) is 5.10 Å². The molecule has 1 saturated carbocycles. The Bertz CT molecular complexity index is 598. The zero-order chi connectivity index (χ0) is 14.0. The van der Waals surface area contributed by atoms with Gasteiger partial charge in [0.15, 0.2) is 0 Å². The van der Waals surface area contributed by atoms with Crippen molar-refractivity contribution in [3.05, 3.63) is 53.3 Å². The van der Waals surface area contributed by atoms with Gasteiger partial charge >= 0.3 is 0 Å². The molecule has 0 radical (unpaired) electrons. The summed E-state index contributed by atoms with van der Waals surface area (Å²) in [6, 6.07) is 8.45. The highest BCUT2D eigenvalue weighted by Gasteiger charge is 2.37. The first-order valence-electron chi connectivity index (χ1n) is 7.08. The van der Waals surface area contributed by atoms with E-state index in [1.807, 2.05) is 0 Å². The highest BCUT2D eigenvalue weighted by atomic mass is 16.1. The number of nitrogens with zero attached hydrogens (tertiary/aromatic N) is 1. The quantitative estimate of drug-likeness (QED) is 0.900. The number of hydrogen-bond acceptors (Lipinski definition) is 2. The van der Waals surface area contributed by atoms with E-state index in [4.69, 9.17) is 0 Å². The van der Waals surface area contributed by atoms with Crippen molar-refractivity contribution in [1.29, 1.82) is 0 Å². The van der Waals surface area contributed by atoms with Crippen LogP contribution >= 0.6 is 0 Å². The van der Waals surface area contributed by atoms with E-state index in [1.165, 1.54) is 11.1 Å². The maximum atomic E-state index is 12.4. The average molecular weight is 269 g/mol. The third-order valence-corrected chi connectivity index (χ3v) is 4.14. The third kappa shape index (κ3) is 2.33. The number of hydrogen-bond donors (Lipinski definition) is 2. The Labute approximate surface area is 118 Å². The fourth-order valence-corrected chi connectivity index (χ4v) is 3.07.